The molecule has 2 rings (SSSR count). The van der Waals surface area contributed by atoms with E-state index in [4.69, 9.17) is 4.52 Å². The van der Waals surface area contributed by atoms with Gasteiger partial charge in [-0.15, -0.1) is 0 Å². The van der Waals surface area contributed by atoms with E-state index < -0.39 is 6.04 Å². The summed E-state index contributed by atoms with van der Waals surface area (Å²) in [5.74, 6) is 0.0455. The number of amides is 2. The fourth-order valence-electron chi connectivity index (χ4n) is 1.87. The third-order valence-corrected chi connectivity index (χ3v) is 3.14. The molecule has 0 radical (unpaired) electrons. The summed E-state index contributed by atoms with van der Waals surface area (Å²) in [6.07, 6.45) is 0.429. The van der Waals surface area contributed by atoms with Crippen molar-refractivity contribution in [3.8, 4) is 0 Å². The van der Waals surface area contributed by atoms with Crippen LogP contribution in [0.15, 0.2) is 34.9 Å². The minimum absolute atomic E-state index is 0.0409. The number of carbonyl (C=O) groups is 2. The fraction of sp³-hybridized carbons (Fsp3) is 0.312. The molecule has 3 N–H and O–H groups in total. The molecule has 1 aromatic carbocycles. The van der Waals surface area contributed by atoms with Gasteiger partial charge in [0.15, 0.2) is 0 Å². The molecule has 7 heteroatoms. The monoisotopic (exact) mass is 316 g/mol. The first-order chi connectivity index (χ1) is 11.0. The molecule has 1 atom stereocenters. The van der Waals surface area contributed by atoms with Crippen molar-refractivity contribution >= 4 is 29.1 Å². The van der Waals surface area contributed by atoms with Crippen molar-refractivity contribution in [2.45, 2.75) is 33.2 Å². The number of aryl methyl sites for hydroxylation is 1. The Kier molecular flexibility index (Phi) is 5.35. The number of aromatic nitrogens is 1. The molecule has 1 aromatic heterocycles. The largest absolute Gasteiger partial charge is 0.374 e. The van der Waals surface area contributed by atoms with Gasteiger partial charge in [0.05, 0.1) is 5.69 Å². The summed E-state index contributed by atoms with van der Waals surface area (Å²) in [7, 11) is 0. The number of hydrogen-bond acceptors (Lipinski definition) is 5. The van der Waals surface area contributed by atoms with E-state index in [1.54, 1.807) is 51.1 Å². The SMILES string of the molecule is CCC(=O)Nc1ccc(NC(C)C(=O)Nc2cc(C)no2)cc1. The summed E-state index contributed by atoms with van der Waals surface area (Å²) in [6.45, 7) is 5.31. The highest BCUT2D eigenvalue weighted by Gasteiger charge is 2.14. The minimum Gasteiger partial charge on any atom is -0.374 e. The number of rotatable bonds is 6. The van der Waals surface area contributed by atoms with Crippen LogP contribution in [0, 0.1) is 6.92 Å². The summed E-state index contributed by atoms with van der Waals surface area (Å²) in [5.41, 5.74) is 2.19. The third-order valence-electron chi connectivity index (χ3n) is 3.14. The van der Waals surface area contributed by atoms with Gasteiger partial charge in [-0.05, 0) is 38.1 Å². The highest BCUT2D eigenvalue weighted by molar-refractivity contribution is 5.95. The molecule has 1 unspecified atom stereocenters. The van der Waals surface area contributed by atoms with Crippen molar-refractivity contribution in [2.24, 2.45) is 0 Å². The zero-order valence-electron chi connectivity index (χ0n) is 13.3. The minimum atomic E-state index is -0.462. The quantitative estimate of drug-likeness (QED) is 0.761. The maximum Gasteiger partial charge on any atom is 0.248 e. The second-order valence-electron chi connectivity index (χ2n) is 5.17. The molecule has 122 valence electrons. The maximum absolute atomic E-state index is 12.1. The van der Waals surface area contributed by atoms with Gasteiger partial charge in [-0.3, -0.25) is 14.9 Å². The lowest BCUT2D eigenvalue weighted by molar-refractivity contribution is -0.117. The predicted octanol–water partition coefficient (Wildman–Crippen LogP) is 2.77. The first-order valence-corrected chi connectivity index (χ1v) is 7.38. The van der Waals surface area contributed by atoms with Crippen LogP contribution in [-0.2, 0) is 9.59 Å². The van der Waals surface area contributed by atoms with Crippen molar-refractivity contribution in [1.82, 2.24) is 5.16 Å². The topological polar surface area (TPSA) is 96.3 Å². The fourth-order valence-corrected chi connectivity index (χ4v) is 1.87. The Morgan fingerprint density at radius 2 is 1.83 bits per heavy atom. The van der Waals surface area contributed by atoms with Crippen LogP contribution in [-0.4, -0.2) is 23.0 Å². The number of benzene rings is 1. The smallest absolute Gasteiger partial charge is 0.248 e. The third kappa shape index (κ3) is 4.84. The summed E-state index contributed by atoms with van der Waals surface area (Å²) < 4.78 is 4.95. The van der Waals surface area contributed by atoms with E-state index in [-0.39, 0.29) is 11.8 Å². The molecule has 7 nitrogen and oxygen atoms in total. The molecule has 1 heterocycles. The van der Waals surface area contributed by atoms with Gasteiger partial charge in [0.1, 0.15) is 6.04 Å². The Labute approximate surface area is 134 Å². The molecule has 0 spiro atoms. The van der Waals surface area contributed by atoms with Gasteiger partial charge < -0.3 is 15.2 Å². The second-order valence-corrected chi connectivity index (χ2v) is 5.17. The van der Waals surface area contributed by atoms with Crippen LogP contribution in [0.25, 0.3) is 0 Å². The summed E-state index contributed by atoms with van der Waals surface area (Å²) >= 11 is 0. The molecule has 0 bridgehead atoms. The average Bonchev–Trinajstić information content (AvgIpc) is 2.94. The van der Waals surface area contributed by atoms with E-state index in [0.717, 1.165) is 11.4 Å². The van der Waals surface area contributed by atoms with Gasteiger partial charge in [-0.1, -0.05) is 12.1 Å². The molecule has 0 fully saturated rings. The van der Waals surface area contributed by atoms with E-state index in [1.165, 1.54) is 0 Å². The number of nitrogens with one attached hydrogen (secondary N) is 3. The van der Waals surface area contributed by atoms with Crippen molar-refractivity contribution in [3.63, 3.8) is 0 Å². The Balaban J connectivity index is 1.90. The molecule has 2 aromatic rings. The highest BCUT2D eigenvalue weighted by Crippen LogP contribution is 2.15. The molecular formula is C16H20N4O3. The zero-order chi connectivity index (χ0) is 16.8. The molecule has 0 aliphatic carbocycles. The lowest BCUT2D eigenvalue weighted by Gasteiger charge is -2.14. The van der Waals surface area contributed by atoms with Gasteiger partial charge >= 0.3 is 0 Å². The van der Waals surface area contributed by atoms with Crippen LogP contribution in [0.4, 0.5) is 17.3 Å². The van der Waals surface area contributed by atoms with Gasteiger partial charge in [0, 0.05) is 23.9 Å². The molecule has 0 aliphatic heterocycles. The van der Waals surface area contributed by atoms with Crippen molar-refractivity contribution in [2.75, 3.05) is 16.0 Å². The van der Waals surface area contributed by atoms with Crippen LogP contribution in [0.5, 0.6) is 0 Å². The molecule has 2 amide bonds. The van der Waals surface area contributed by atoms with Crippen LogP contribution >= 0.6 is 0 Å². The molecule has 23 heavy (non-hydrogen) atoms. The van der Waals surface area contributed by atoms with Gasteiger partial charge in [0.25, 0.3) is 0 Å². The van der Waals surface area contributed by atoms with E-state index in [1.807, 2.05) is 0 Å². The van der Waals surface area contributed by atoms with Gasteiger partial charge in [-0.2, -0.15) is 0 Å². The summed E-state index contributed by atoms with van der Waals surface area (Å²) in [6, 6.07) is 8.34. The lowest BCUT2D eigenvalue weighted by atomic mass is 10.2. The van der Waals surface area contributed by atoms with Crippen molar-refractivity contribution in [1.29, 1.82) is 0 Å². The lowest BCUT2D eigenvalue weighted by Crippen LogP contribution is -2.31. The Hall–Kier alpha value is -2.83. The van der Waals surface area contributed by atoms with Crippen LogP contribution in [0.2, 0.25) is 0 Å². The van der Waals surface area contributed by atoms with Crippen molar-refractivity contribution in [3.05, 3.63) is 36.0 Å². The zero-order valence-corrected chi connectivity index (χ0v) is 13.3. The first-order valence-electron chi connectivity index (χ1n) is 7.38. The van der Waals surface area contributed by atoms with E-state index in [9.17, 15) is 9.59 Å². The molecule has 0 aliphatic rings. The van der Waals surface area contributed by atoms with Crippen molar-refractivity contribution < 1.29 is 14.1 Å². The standard InChI is InChI=1S/C16H20N4O3/c1-4-14(21)18-13-7-5-12(6-8-13)17-11(3)16(22)19-15-9-10(2)20-23-15/h5-9,11,17H,4H2,1-3H3,(H,18,21)(H,19,22). The van der Waals surface area contributed by atoms with Crippen LogP contribution < -0.4 is 16.0 Å². The number of hydrogen-bond donors (Lipinski definition) is 3. The van der Waals surface area contributed by atoms with Crippen LogP contribution in [0.1, 0.15) is 26.0 Å². The Morgan fingerprint density at radius 1 is 1.17 bits per heavy atom. The highest BCUT2D eigenvalue weighted by atomic mass is 16.5. The Morgan fingerprint density at radius 3 is 2.39 bits per heavy atom. The number of carbonyl (C=O) groups excluding carboxylic acids is 2. The Bertz CT molecular complexity index is 679. The molecule has 0 saturated carbocycles. The summed E-state index contributed by atoms with van der Waals surface area (Å²) in [4.78, 5) is 23.4. The van der Waals surface area contributed by atoms with E-state index in [0.29, 0.717) is 18.0 Å². The first kappa shape index (κ1) is 16.5. The predicted molar refractivity (Wildman–Crippen MR) is 88.3 cm³/mol. The maximum atomic E-state index is 12.1. The molecular weight excluding hydrogens is 296 g/mol. The van der Waals surface area contributed by atoms with Crippen LogP contribution in [0.3, 0.4) is 0 Å². The van der Waals surface area contributed by atoms with E-state index in [2.05, 4.69) is 21.1 Å². The normalized spacial score (nSPS) is 11.6. The number of nitrogens with zero attached hydrogens (tertiary/aromatic N) is 1. The van der Waals surface area contributed by atoms with Gasteiger partial charge in [0.2, 0.25) is 17.7 Å². The summed E-state index contributed by atoms with van der Waals surface area (Å²) in [5, 5.41) is 12.2. The second kappa shape index (κ2) is 7.44. The average molecular weight is 316 g/mol. The molecule has 0 saturated heterocycles. The number of anilines is 3. The van der Waals surface area contributed by atoms with Gasteiger partial charge in [-0.25, -0.2) is 0 Å². The van der Waals surface area contributed by atoms with E-state index >= 15 is 0 Å².